The van der Waals surface area contributed by atoms with Crippen LogP contribution in [0, 0.1) is 0 Å². The highest BCUT2D eigenvalue weighted by Crippen LogP contribution is 2.18. The van der Waals surface area contributed by atoms with Gasteiger partial charge in [-0.05, 0) is 30.5 Å². The highest BCUT2D eigenvalue weighted by atomic mass is 32.2. The first-order valence-electron chi connectivity index (χ1n) is 10.00. The van der Waals surface area contributed by atoms with E-state index in [0.717, 1.165) is 12.8 Å². The molecular formula is C20H30N2O4S. The first kappa shape index (κ1) is 20.3. The summed E-state index contributed by atoms with van der Waals surface area (Å²) in [6.07, 6.45) is 8.22. The first-order chi connectivity index (χ1) is 13.0. The number of carbonyl (C=O) groups excluding carboxylic acids is 1. The molecule has 0 spiro atoms. The number of nitrogens with one attached hydrogen (secondary N) is 1. The lowest BCUT2D eigenvalue weighted by Gasteiger charge is -2.26. The van der Waals surface area contributed by atoms with E-state index in [0.29, 0.717) is 37.4 Å². The lowest BCUT2D eigenvalue weighted by atomic mass is 9.96. The molecule has 1 aromatic rings. The second-order valence-corrected chi connectivity index (χ2v) is 9.45. The zero-order valence-electron chi connectivity index (χ0n) is 15.9. The first-order valence-corrected chi connectivity index (χ1v) is 11.6. The van der Waals surface area contributed by atoms with Gasteiger partial charge >= 0.3 is 0 Å². The Kier molecular flexibility index (Phi) is 7.26. The molecule has 150 valence electrons. The standard InChI is InChI=1S/C20H30N2O4S/c23-20(21-19-6-4-2-1-3-5-7-19)18-10-8-17(9-11-18)16-27(24,25)22-12-14-26-15-13-22/h8-11,19H,1-7,12-16H2,(H,21,23). The average molecular weight is 395 g/mol. The number of sulfonamides is 1. The van der Waals surface area contributed by atoms with Gasteiger partial charge in [0.25, 0.3) is 5.91 Å². The summed E-state index contributed by atoms with van der Waals surface area (Å²) in [5, 5.41) is 3.14. The second kappa shape index (κ2) is 9.66. The molecule has 1 aromatic carbocycles. The van der Waals surface area contributed by atoms with Crippen molar-refractivity contribution in [3.63, 3.8) is 0 Å². The number of carbonyl (C=O) groups is 1. The summed E-state index contributed by atoms with van der Waals surface area (Å²) in [5.74, 6) is -0.111. The van der Waals surface area contributed by atoms with Gasteiger partial charge in [0.2, 0.25) is 10.0 Å². The Bertz CT molecular complexity index is 704. The monoisotopic (exact) mass is 394 g/mol. The van der Waals surface area contributed by atoms with E-state index in [4.69, 9.17) is 4.74 Å². The summed E-state index contributed by atoms with van der Waals surface area (Å²) in [4.78, 5) is 12.5. The van der Waals surface area contributed by atoms with E-state index in [1.54, 1.807) is 24.3 Å². The fourth-order valence-electron chi connectivity index (χ4n) is 3.75. The van der Waals surface area contributed by atoms with Crippen molar-refractivity contribution in [2.75, 3.05) is 26.3 Å². The molecule has 0 bridgehead atoms. The van der Waals surface area contributed by atoms with Gasteiger partial charge in [-0.25, -0.2) is 8.42 Å². The number of hydrogen-bond donors (Lipinski definition) is 1. The van der Waals surface area contributed by atoms with Gasteiger partial charge in [-0.15, -0.1) is 0 Å². The third-order valence-corrected chi connectivity index (χ3v) is 7.22. The summed E-state index contributed by atoms with van der Waals surface area (Å²) in [5.41, 5.74) is 1.29. The molecule has 2 fully saturated rings. The number of amides is 1. The SMILES string of the molecule is O=C(NC1CCCCCCC1)c1ccc(CS(=O)(=O)N2CCOCC2)cc1. The summed E-state index contributed by atoms with van der Waals surface area (Å²) in [7, 11) is -3.35. The van der Waals surface area contributed by atoms with Crippen molar-refractivity contribution in [3.05, 3.63) is 35.4 Å². The van der Waals surface area contributed by atoms with Crippen molar-refractivity contribution < 1.29 is 17.9 Å². The molecular weight excluding hydrogens is 364 g/mol. The molecule has 1 saturated heterocycles. The zero-order chi connectivity index (χ0) is 19.1. The van der Waals surface area contributed by atoms with E-state index in [1.165, 1.54) is 36.4 Å². The minimum Gasteiger partial charge on any atom is -0.379 e. The van der Waals surface area contributed by atoms with Crippen LogP contribution < -0.4 is 5.32 Å². The number of hydrogen-bond acceptors (Lipinski definition) is 4. The van der Waals surface area contributed by atoms with E-state index in [-0.39, 0.29) is 17.7 Å². The lowest BCUT2D eigenvalue weighted by Crippen LogP contribution is -2.41. The van der Waals surface area contributed by atoms with Gasteiger partial charge in [-0.1, -0.05) is 44.2 Å². The number of nitrogens with zero attached hydrogens (tertiary/aromatic N) is 1. The van der Waals surface area contributed by atoms with Gasteiger partial charge in [0.1, 0.15) is 0 Å². The smallest absolute Gasteiger partial charge is 0.251 e. The molecule has 0 aromatic heterocycles. The van der Waals surface area contributed by atoms with Crippen molar-refractivity contribution in [1.82, 2.24) is 9.62 Å². The zero-order valence-corrected chi connectivity index (χ0v) is 16.7. The predicted octanol–water partition coefficient (Wildman–Crippen LogP) is 2.69. The summed E-state index contributed by atoms with van der Waals surface area (Å²) >= 11 is 0. The molecule has 2 aliphatic rings. The van der Waals surface area contributed by atoms with Crippen LogP contribution in [-0.2, 0) is 20.5 Å². The maximum Gasteiger partial charge on any atom is 0.251 e. The summed E-state index contributed by atoms with van der Waals surface area (Å²) in [6, 6.07) is 7.18. The fourth-order valence-corrected chi connectivity index (χ4v) is 5.25. The van der Waals surface area contributed by atoms with E-state index in [1.807, 2.05) is 0 Å². The van der Waals surface area contributed by atoms with Crippen LogP contribution >= 0.6 is 0 Å². The molecule has 0 radical (unpaired) electrons. The van der Waals surface area contributed by atoms with E-state index >= 15 is 0 Å². The van der Waals surface area contributed by atoms with E-state index in [9.17, 15) is 13.2 Å². The van der Waals surface area contributed by atoms with Gasteiger partial charge in [-0.3, -0.25) is 4.79 Å². The molecule has 6 nitrogen and oxygen atoms in total. The normalized spacial score (nSPS) is 20.6. The highest BCUT2D eigenvalue weighted by molar-refractivity contribution is 7.88. The molecule has 0 unspecified atom stereocenters. The van der Waals surface area contributed by atoms with E-state index < -0.39 is 10.0 Å². The van der Waals surface area contributed by atoms with Crippen molar-refractivity contribution in [2.24, 2.45) is 0 Å². The maximum atomic E-state index is 12.5. The van der Waals surface area contributed by atoms with Crippen LogP contribution in [0.3, 0.4) is 0 Å². The number of benzene rings is 1. The quantitative estimate of drug-likeness (QED) is 0.833. The molecule has 1 N–H and O–H groups in total. The molecule has 1 aliphatic heterocycles. The van der Waals surface area contributed by atoms with Crippen LogP contribution in [0.15, 0.2) is 24.3 Å². The molecule has 1 amide bonds. The van der Waals surface area contributed by atoms with Crippen molar-refractivity contribution in [2.45, 2.75) is 56.7 Å². The number of ether oxygens (including phenoxy) is 1. The molecule has 27 heavy (non-hydrogen) atoms. The molecule has 7 heteroatoms. The van der Waals surface area contributed by atoms with Crippen LogP contribution in [0.4, 0.5) is 0 Å². The highest BCUT2D eigenvalue weighted by Gasteiger charge is 2.24. The minimum absolute atomic E-state index is 0.0441. The topological polar surface area (TPSA) is 75.7 Å². The molecule has 1 aliphatic carbocycles. The largest absolute Gasteiger partial charge is 0.379 e. The van der Waals surface area contributed by atoms with Crippen LogP contribution in [0.5, 0.6) is 0 Å². The van der Waals surface area contributed by atoms with E-state index in [2.05, 4.69) is 5.32 Å². The Morgan fingerprint density at radius 3 is 2.22 bits per heavy atom. The summed E-state index contributed by atoms with van der Waals surface area (Å²) in [6.45, 7) is 1.70. The van der Waals surface area contributed by atoms with Gasteiger partial charge in [-0.2, -0.15) is 4.31 Å². The third-order valence-electron chi connectivity index (χ3n) is 5.37. The number of rotatable bonds is 5. The Hall–Kier alpha value is -1.44. The summed E-state index contributed by atoms with van der Waals surface area (Å²) < 4.78 is 31.7. The van der Waals surface area contributed by atoms with Gasteiger partial charge < -0.3 is 10.1 Å². The Labute approximate surface area is 162 Å². The minimum atomic E-state index is -3.35. The van der Waals surface area contributed by atoms with Crippen LogP contribution in [0.2, 0.25) is 0 Å². The molecule has 1 saturated carbocycles. The maximum absolute atomic E-state index is 12.5. The Morgan fingerprint density at radius 1 is 1.00 bits per heavy atom. The molecule has 0 atom stereocenters. The van der Waals surface area contributed by atoms with Crippen molar-refractivity contribution >= 4 is 15.9 Å². The second-order valence-electron chi connectivity index (χ2n) is 7.48. The van der Waals surface area contributed by atoms with Gasteiger partial charge in [0, 0.05) is 24.7 Å². The molecule has 3 rings (SSSR count). The Balaban J connectivity index is 1.56. The molecule has 1 heterocycles. The Morgan fingerprint density at radius 2 is 1.59 bits per heavy atom. The van der Waals surface area contributed by atoms with Gasteiger partial charge in [0.15, 0.2) is 0 Å². The van der Waals surface area contributed by atoms with Gasteiger partial charge in [0.05, 0.1) is 19.0 Å². The predicted molar refractivity (Wildman–Crippen MR) is 105 cm³/mol. The lowest BCUT2D eigenvalue weighted by molar-refractivity contribution is 0.0729. The van der Waals surface area contributed by atoms with Crippen LogP contribution in [-0.4, -0.2) is 51.0 Å². The van der Waals surface area contributed by atoms with Crippen LogP contribution in [0.1, 0.15) is 60.9 Å². The van der Waals surface area contributed by atoms with Crippen LogP contribution in [0.25, 0.3) is 0 Å². The fraction of sp³-hybridized carbons (Fsp3) is 0.650. The van der Waals surface area contributed by atoms with Crippen molar-refractivity contribution in [1.29, 1.82) is 0 Å². The van der Waals surface area contributed by atoms with Crippen molar-refractivity contribution in [3.8, 4) is 0 Å². The average Bonchev–Trinajstić information content (AvgIpc) is 2.65. The third kappa shape index (κ3) is 6.02. The number of morpholine rings is 1.